The molecule has 1 aromatic carbocycles. The second-order valence-corrected chi connectivity index (χ2v) is 4.24. The summed E-state index contributed by atoms with van der Waals surface area (Å²) in [5, 5.41) is 6.42. The van der Waals surface area contributed by atoms with Gasteiger partial charge in [-0.15, -0.1) is 0 Å². The van der Waals surface area contributed by atoms with Gasteiger partial charge in [0.05, 0.1) is 0 Å². The number of aryl methyl sites for hydroxylation is 2. The van der Waals surface area contributed by atoms with Crippen molar-refractivity contribution >= 4 is 17.5 Å². The van der Waals surface area contributed by atoms with Crippen molar-refractivity contribution in [3.63, 3.8) is 0 Å². The van der Waals surface area contributed by atoms with Crippen molar-refractivity contribution < 1.29 is 0 Å². The maximum atomic E-state index is 4.40. The van der Waals surface area contributed by atoms with Crippen molar-refractivity contribution in [1.29, 1.82) is 0 Å². The second-order valence-electron chi connectivity index (χ2n) is 4.24. The van der Waals surface area contributed by atoms with Crippen LogP contribution in [-0.4, -0.2) is 16.5 Å². The van der Waals surface area contributed by atoms with Crippen molar-refractivity contribution in [2.24, 2.45) is 0 Å². The molecule has 0 bridgehead atoms. The number of nitrogens with one attached hydrogen (secondary N) is 2. The molecule has 0 aliphatic carbocycles. The van der Waals surface area contributed by atoms with Crippen LogP contribution in [0.2, 0.25) is 0 Å². The van der Waals surface area contributed by atoms with Crippen molar-refractivity contribution in [1.82, 2.24) is 9.97 Å². The molecule has 0 spiro atoms. The number of rotatable bonds is 4. The SMILES string of the molecule is CCNc1nccc(Nc2cc(C)ccc2C)n1. The fourth-order valence-electron chi connectivity index (χ4n) is 1.68. The Hall–Kier alpha value is -2.10. The van der Waals surface area contributed by atoms with Crippen molar-refractivity contribution in [3.8, 4) is 0 Å². The van der Waals surface area contributed by atoms with Crippen LogP contribution in [0.3, 0.4) is 0 Å². The molecule has 2 aromatic rings. The first-order valence-electron chi connectivity index (χ1n) is 6.10. The molecule has 2 N–H and O–H groups in total. The molecule has 0 saturated heterocycles. The molecule has 1 aromatic heterocycles. The number of hydrogen-bond donors (Lipinski definition) is 2. The van der Waals surface area contributed by atoms with Gasteiger partial charge in [0.2, 0.25) is 5.95 Å². The summed E-state index contributed by atoms with van der Waals surface area (Å²) in [4.78, 5) is 8.54. The van der Waals surface area contributed by atoms with Gasteiger partial charge in [0.1, 0.15) is 5.82 Å². The summed E-state index contributed by atoms with van der Waals surface area (Å²) in [5.74, 6) is 1.45. The van der Waals surface area contributed by atoms with E-state index in [9.17, 15) is 0 Å². The highest BCUT2D eigenvalue weighted by atomic mass is 15.1. The number of aromatic nitrogens is 2. The molecule has 0 atom stereocenters. The molecule has 0 radical (unpaired) electrons. The Bertz CT molecular complexity index is 537. The zero-order valence-electron chi connectivity index (χ0n) is 11.0. The smallest absolute Gasteiger partial charge is 0.224 e. The van der Waals surface area contributed by atoms with Gasteiger partial charge in [0, 0.05) is 18.4 Å². The first-order valence-corrected chi connectivity index (χ1v) is 6.10. The molecule has 0 aliphatic heterocycles. The van der Waals surface area contributed by atoms with E-state index in [0.29, 0.717) is 5.95 Å². The lowest BCUT2D eigenvalue weighted by molar-refractivity contribution is 1.09. The number of anilines is 3. The fraction of sp³-hybridized carbons (Fsp3) is 0.286. The Morgan fingerprint density at radius 3 is 2.78 bits per heavy atom. The third-order valence-corrected chi connectivity index (χ3v) is 2.65. The molecule has 94 valence electrons. The lowest BCUT2D eigenvalue weighted by atomic mass is 10.1. The fourth-order valence-corrected chi connectivity index (χ4v) is 1.68. The quantitative estimate of drug-likeness (QED) is 0.864. The van der Waals surface area contributed by atoms with E-state index in [-0.39, 0.29) is 0 Å². The van der Waals surface area contributed by atoms with Crippen molar-refractivity contribution in [2.45, 2.75) is 20.8 Å². The predicted octanol–water partition coefficient (Wildman–Crippen LogP) is 3.27. The van der Waals surface area contributed by atoms with Crippen molar-refractivity contribution in [3.05, 3.63) is 41.6 Å². The van der Waals surface area contributed by atoms with E-state index in [1.54, 1.807) is 6.20 Å². The van der Waals surface area contributed by atoms with E-state index in [4.69, 9.17) is 0 Å². The molecule has 4 heteroatoms. The van der Waals surface area contributed by atoms with E-state index in [2.05, 4.69) is 52.6 Å². The molecule has 0 fully saturated rings. The Morgan fingerprint density at radius 1 is 1.17 bits per heavy atom. The first-order chi connectivity index (χ1) is 8.69. The third-order valence-electron chi connectivity index (χ3n) is 2.65. The van der Waals surface area contributed by atoms with Gasteiger partial charge in [-0.3, -0.25) is 0 Å². The van der Waals surface area contributed by atoms with Crippen LogP contribution in [0.25, 0.3) is 0 Å². The molecular weight excluding hydrogens is 224 g/mol. The van der Waals surface area contributed by atoms with Gasteiger partial charge >= 0.3 is 0 Å². The molecular formula is C14H18N4. The molecule has 18 heavy (non-hydrogen) atoms. The summed E-state index contributed by atoms with van der Waals surface area (Å²) in [5.41, 5.74) is 3.50. The second kappa shape index (κ2) is 5.49. The van der Waals surface area contributed by atoms with Crippen LogP contribution in [0.1, 0.15) is 18.1 Å². The van der Waals surface area contributed by atoms with Gasteiger partial charge in [-0.2, -0.15) is 4.98 Å². The van der Waals surface area contributed by atoms with Gasteiger partial charge in [0.15, 0.2) is 0 Å². The first kappa shape index (κ1) is 12.4. The minimum Gasteiger partial charge on any atom is -0.354 e. The van der Waals surface area contributed by atoms with E-state index < -0.39 is 0 Å². The monoisotopic (exact) mass is 242 g/mol. The van der Waals surface area contributed by atoms with Crippen LogP contribution in [0, 0.1) is 13.8 Å². The van der Waals surface area contributed by atoms with Crippen LogP contribution in [-0.2, 0) is 0 Å². The van der Waals surface area contributed by atoms with Crippen molar-refractivity contribution in [2.75, 3.05) is 17.2 Å². The maximum absolute atomic E-state index is 4.40. The molecule has 0 aliphatic rings. The van der Waals surface area contributed by atoms with Crippen LogP contribution in [0.5, 0.6) is 0 Å². The van der Waals surface area contributed by atoms with Gasteiger partial charge < -0.3 is 10.6 Å². The summed E-state index contributed by atoms with van der Waals surface area (Å²) in [6.07, 6.45) is 1.75. The van der Waals surface area contributed by atoms with E-state index in [1.165, 1.54) is 11.1 Å². The minimum atomic E-state index is 0.646. The Morgan fingerprint density at radius 2 is 2.00 bits per heavy atom. The van der Waals surface area contributed by atoms with E-state index in [1.807, 2.05) is 13.0 Å². The standard InChI is InChI=1S/C14H18N4/c1-4-15-14-16-8-7-13(18-14)17-12-9-10(2)5-6-11(12)3/h5-9H,4H2,1-3H3,(H2,15,16,17,18). The van der Waals surface area contributed by atoms with E-state index >= 15 is 0 Å². The lowest BCUT2D eigenvalue weighted by Crippen LogP contribution is -2.04. The van der Waals surface area contributed by atoms with Gasteiger partial charge in [0.25, 0.3) is 0 Å². The third kappa shape index (κ3) is 2.97. The average Bonchev–Trinajstić information content (AvgIpc) is 2.35. The maximum Gasteiger partial charge on any atom is 0.224 e. The van der Waals surface area contributed by atoms with Crippen LogP contribution in [0.4, 0.5) is 17.5 Å². The van der Waals surface area contributed by atoms with Crippen LogP contribution >= 0.6 is 0 Å². The van der Waals surface area contributed by atoms with E-state index in [0.717, 1.165) is 18.1 Å². The highest BCUT2D eigenvalue weighted by Crippen LogP contribution is 2.20. The molecule has 0 saturated carbocycles. The Kier molecular flexibility index (Phi) is 3.77. The normalized spacial score (nSPS) is 10.2. The number of nitrogens with zero attached hydrogens (tertiary/aromatic N) is 2. The summed E-state index contributed by atoms with van der Waals surface area (Å²) < 4.78 is 0. The van der Waals surface area contributed by atoms with Gasteiger partial charge in [-0.05, 0) is 44.0 Å². The molecule has 0 amide bonds. The summed E-state index contributed by atoms with van der Waals surface area (Å²) in [6, 6.07) is 8.18. The van der Waals surface area contributed by atoms with Gasteiger partial charge in [-0.25, -0.2) is 4.98 Å². The highest BCUT2D eigenvalue weighted by molar-refractivity contribution is 5.61. The zero-order chi connectivity index (χ0) is 13.0. The Balaban J connectivity index is 2.22. The zero-order valence-corrected chi connectivity index (χ0v) is 11.0. The summed E-state index contributed by atoms with van der Waals surface area (Å²) in [7, 11) is 0. The average molecular weight is 242 g/mol. The summed E-state index contributed by atoms with van der Waals surface area (Å²) in [6.45, 7) is 6.99. The van der Waals surface area contributed by atoms with Gasteiger partial charge in [-0.1, -0.05) is 12.1 Å². The number of benzene rings is 1. The molecule has 4 nitrogen and oxygen atoms in total. The molecule has 0 unspecified atom stereocenters. The molecule has 1 heterocycles. The topological polar surface area (TPSA) is 49.8 Å². The predicted molar refractivity (Wildman–Crippen MR) is 75.4 cm³/mol. The molecule has 2 rings (SSSR count). The Labute approximate surface area is 107 Å². The van der Waals surface area contributed by atoms with Crippen LogP contribution in [0.15, 0.2) is 30.5 Å². The number of hydrogen-bond acceptors (Lipinski definition) is 4. The summed E-state index contributed by atoms with van der Waals surface area (Å²) >= 11 is 0. The lowest BCUT2D eigenvalue weighted by Gasteiger charge is -2.10. The van der Waals surface area contributed by atoms with Crippen LogP contribution < -0.4 is 10.6 Å². The largest absolute Gasteiger partial charge is 0.354 e. The minimum absolute atomic E-state index is 0.646. The highest BCUT2D eigenvalue weighted by Gasteiger charge is 2.02.